The summed E-state index contributed by atoms with van der Waals surface area (Å²) < 4.78 is 28.1. The molecule has 0 heterocycles. The van der Waals surface area contributed by atoms with E-state index in [1.807, 2.05) is 0 Å². The monoisotopic (exact) mass is 256 g/mol. The van der Waals surface area contributed by atoms with Crippen molar-refractivity contribution in [2.24, 2.45) is 0 Å². The molecule has 1 rings (SSSR count). The second-order valence-electron chi connectivity index (χ2n) is 3.53. The van der Waals surface area contributed by atoms with Gasteiger partial charge in [0, 0.05) is 0 Å². The first-order valence-electron chi connectivity index (χ1n) is 5.47. The molecule has 0 radical (unpaired) electrons. The van der Waals surface area contributed by atoms with E-state index in [4.69, 9.17) is 4.74 Å². The number of esters is 1. The molecule has 0 N–H and O–H groups in total. The van der Waals surface area contributed by atoms with Crippen LogP contribution in [0.4, 0.5) is 0 Å². The van der Waals surface area contributed by atoms with E-state index in [0.717, 1.165) is 0 Å². The molecular weight excluding hydrogens is 240 g/mol. The normalized spacial score (nSPS) is 11.2. The van der Waals surface area contributed by atoms with Gasteiger partial charge in [-0.15, -0.1) is 0 Å². The summed E-state index contributed by atoms with van der Waals surface area (Å²) in [5.74, 6) is -0.297. The number of benzene rings is 1. The van der Waals surface area contributed by atoms with Gasteiger partial charge in [0.1, 0.15) is 0 Å². The van der Waals surface area contributed by atoms with Crippen molar-refractivity contribution in [3.63, 3.8) is 0 Å². The molecule has 0 atom stereocenters. The smallest absolute Gasteiger partial charge is 0.310 e. The highest BCUT2D eigenvalue weighted by Gasteiger charge is 2.12. The zero-order chi connectivity index (χ0) is 12.9. The molecule has 0 spiro atoms. The largest absolute Gasteiger partial charge is 0.466 e. The van der Waals surface area contributed by atoms with E-state index in [9.17, 15) is 13.2 Å². The number of hydrogen-bond donors (Lipinski definition) is 0. The first kappa shape index (κ1) is 13.7. The third kappa shape index (κ3) is 3.85. The molecule has 5 heteroatoms. The van der Waals surface area contributed by atoms with Gasteiger partial charge in [-0.2, -0.15) is 0 Å². The fraction of sp³-hybridized carbons (Fsp3) is 0.417. The fourth-order valence-corrected chi connectivity index (χ4v) is 2.34. The van der Waals surface area contributed by atoms with Gasteiger partial charge in [0.15, 0.2) is 9.84 Å². The molecule has 0 aromatic heterocycles. The number of rotatable bonds is 5. The van der Waals surface area contributed by atoms with Crippen LogP contribution >= 0.6 is 0 Å². The van der Waals surface area contributed by atoms with Crippen LogP contribution in [0.15, 0.2) is 29.2 Å². The number of sulfone groups is 1. The highest BCUT2D eigenvalue weighted by molar-refractivity contribution is 7.91. The molecule has 0 aliphatic carbocycles. The van der Waals surface area contributed by atoms with Gasteiger partial charge in [-0.25, -0.2) is 8.42 Å². The average molecular weight is 256 g/mol. The number of carbonyl (C=O) groups excluding carboxylic acids is 1. The van der Waals surface area contributed by atoms with Crippen LogP contribution in [-0.2, 0) is 25.8 Å². The summed E-state index contributed by atoms with van der Waals surface area (Å²) in [7, 11) is -3.22. The predicted molar refractivity (Wildman–Crippen MR) is 64.5 cm³/mol. The summed E-state index contributed by atoms with van der Waals surface area (Å²) in [4.78, 5) is 11.5. The Morgan fingerprint density at radius 2 is 2.00 bits per heavy atom. The van der Waals surface area contributed by atoms with Gasteiger partial charge in [-0.05, 0) is 24.6 Å². The van der Waals surface area contributed by atoms with Gasteiger partial charge in [0.25, 0.3) is 0 Å². The molecular formula is C12H16O4S. The summed E-state index contributed by atoms with van der Waals surface area (Å²) in [6.07, 6.45) is 0.0981. The van der Waals surface area contributed by atoms with E-state index in [1.54, 1.807) is 26.0 Å². The molecule has 17 heavy (non-hydrogen) atoms. The molecule has 0 saturated carbocycles. The summed E-state index contributed by atoms with van der Waals surface area (Å²) >= 11 is 0. The lowest BCUT2D eigenvalue weighted by Crippen LogP contribution is -2.09. The third-order valence-corrected chi connectivity index (χ3v) is 4.02. The molecule has 4 nitrogen and oxygen atoms in total. The minimum absolute atomic E-state index is 0.0514. The lowest BCUT2D eigenvalue weighted by molar-refractivity contribution is -0.142. The van der Waals surface area contributed by atoms with Crippen LogP contribution in [0.25, 0.3) is 0 Å². The molecule has 1 aromatic carbocycles. The Morgan fingerprint density at radius 3 is 2.59 bits per heavy atom. The lowest BCUT2D eigenvalue weighted by atomic mass is 10.1. The van der Waals surface area contributed by atoms with Crippen molar-refractivity contribution < 1.29 is 17.9 Å². The van der Waals surface area contributed by atoms with E-state index < -0.39 is 9.84 Å². The minimum atomic E-state index is -3.22. The second-order valence-corrected chi connectivity index (χ2v) is 5.81. The summed E-state index contributed by atoms with van der Waals surface area (Å²) in [5.41, 5.74) is 0.651. The highest BCUT2D eigenvalue weighted by atomic mass is 32.2. The standard InChI is InChI=1S/C12H16O4S/c1-3-16-12(13)9-10-6-5-7-11(8-10)17(14,15)4-2/h5-8H,3-4,9H2,1-2H3. The van der Waals surface area contributed by atoms with Gasteiger partial charge in [0.05, 0.1) is 23.7 Å². The molecule has 0 aliphatic rings. The Hall–Kier alpha value is -1.36. The topological polar surface area (TPSA) is 60.4 Å². The van der Waals surface area contributed by atoms with Crippen molar-refractivity contribution in [2.45, 2.75) is 25.2 Å². The van der Waals surface area contributed by atoms with E-state index in [2.05, 4.69) is 0 Å². The van der Waals surface area contributed by atoms with Crippen molar-refractivity contribution in [3.8, 4) is 0 Å². The Kier molecular flexibility index (Phi) is 4.69. The summed E-state index contributed by atoms with van der Waals surface area (Å²) in [5, 5.41) is 0. The molecule has 0 amide bonds. The third-order valence-electron chi connectivity index (χ3n) is 2.29. The predicted octanol–water partition coefficient (Wildman–Crippen LogP) is 1.59. The fourth-order valence-electron chi connectivity index (χ4n) is 1.39. The molecule has 0 unspecified atom stereocenters. The van der Waals surface area contributed by atoms with Gasteiger partial charge in [-0.1, -0.05) is 19.1 Å². The van der Waals surface area contributed by atoms with Crippen molar-refractivity contribution in [3.05, 3.63) is 29.8 Å². The minimum Gasteiger partial charge on any atom is -0.466 e. The van der Waals surface area contributed by atoms with E-state index in [1.165, 1.54) is 12.1 Å². The van der Waals surface area contributed by atoms with Crippen LogP contribution in [0.1, 0.15) is 19.4 Å². The van der Waals surface area contributed by atoms with E-state index >= 15 is 0 Å². The quantitative estimate of drug-likeness (QED) is 0.750. The maximum absolute atomic E-state index is 11.6. The molecule has 0 saturated heterocycles. The molecule has 1 aromatic rings. The van der Waals surface area contributed by atoms with Crippen LogP contribution in [-0.4, -0.2) is 26.7 Å². The highest BCUT2D eigenvalue weighted by Crippen LogP contribution is 2.13. The zero-order valence-corrected chi connectivity index (χ0v) is 10.8. The van der Waals surface area contributed by atoms with Crippen LogP contribution in [0.5, 0.6) is 0 Å². The van der Waals surface area contributed by atoms with Gasteiger partial charge in [-0.3, -0.25) is 4.79 Å². The van der Waals surface area contributed by atoms with Crippen molar-refractivity contribution in [2.75, 3.05) is 12.4 Å². The molecule has 0 fully saturated rings. The first-order chi connectivity index (χ1) is 7.99. The van der Waals surface area contributed by atoms with Crippen LogP contribution in [0.3, 0.4) is 0 Å². The number of ether oxygens (including phenoxy) is 1. The Bertz CT molecular complexity index is 491. The number of carbonyl (C=O) groups is 1. The van der Waals surface area contributed by atoms with Crippen LogP contribution in [0.2, 0.25) is 0 Å². The van der Waals surface area contributed by atoms with Crippen molar-refractivity contribution in [1.29, 1.82) is 0 Å². The van der Waals surface area contributed by atoms with Crippen LogP contribution < -0.4 is 0 Å². The second kappa shape index (κ2) is 5.82. The maximum atomic E-state index is 11.6. The first-order valence-corrected chi connectivity index (χ1v) is 7.12. The SMILES string of the molecule is CCOC(=O)Cc1cccc(S(=O)(=O)CC)c1. The van der Waals surface area contributed by atoms with Crippen LogP contribution in [0, 0.1) is 0 Å². The number of hydrogen-bond acceptors (Lipinski definition) is 4. The maximum Gasteiger partial charge on any atom is 0.310 e. The van der Waals surface area contributed by atoms with E-state index in [0.29, 0.717) is 12.2 Å². The summed E-state index contributed by atoms with van der Waals surface area (Å²) in [6, 6.07) is 6.41. The molecule has 94 valence electrons. The van der Waals surface area contributed by atoms with Crippen molar-refractivity contribution >= 4 is 15.8 Å². The van der Waals surface area contributed by atoms with Gasteiger partial charge >= 0.3 is 5.97 Å². The zero-order valence-electron chi connectivity index (χ0n) is 9.97. The summed E-state index contributed by atoms with van der Waals surface area (Å²) in [6.45, 7) is 3.65. The Morgan fingerprint density at radius 1 is 1.29 bits per heavy atom. The van der Waals surface area contributed by atoms with Crippen molar-refractivity contribution in [1.82, 2.24) is 0 Å². The Balaban J connectivity index is 2.91. The van der Waals surface area contributed by atoms with E-state index in [-0.39, 0.29) is 23.0 Å². The van der Waals surface area contributed by atoms with Gasteiger partial charge < -0.3 is 4.74 Å². The molecule has 0 bridgehead atoms. The average Bonchev–Trinajstić information content (AvgIpc) is 2.29. The molecule has 0 aliphatic heterocycles. The lowest BCUT2D eigenvalue weighted by Gasteiger charge is -2.05. The van der Waals surface area contributed by atoms with Gasteiger partial charge in [0.2, 0.25) is 0 Å². The Labute approximate surface area is 102 Å².